The topological polar surface area (TPSA) is 139 Å². The molecule has 2 rings (SSSR count). The Morgan fingerprint density at radius 3 is 2.13 bits per heavy atom. The number of rotatable bonds is 9. The molecular weight excluding hydrogens is 397 g/mol. The smallest absolute Gasteiger partial charge is 0.326 e. The van der Waals surface area contributed by atoms with Gasteiger partial charge in [0.05, 0.1) is 4.92 Å². The number of nitro groups is 1. The van der Waals surface area contributed by atoms with E-state index in [9.17, 15) is 34.0 Å². The van der Waals surface area contributed by atoms with Gasteiger partial charge in [0.25, 0.3) is 5.69 Å². The van der Waals surface area contributed by atoms with E-state index in [0.717, 1.165) is 0 Å². The van der Waals surface area contributed by atoms with E-state index in [1.807, 2.05) is 0 Å². The molecule has 0 aromatic heterocycles. The predicted octanol–water partition coefficient (Wildman–Crippen LogP) is 1.59. The summed E-state index contributed by atoms with van der Waals surface area (Å²) >= 11 is 0. The summed E-state index contributed by atoms with van der Waals surface area (Å²) in [6, 6.07) is 8.54. The van der Waals surface area contributed by atoms with E-state index in [1.54, 1.807) is 6.07 Å². The SMILES string of the molecule is CC(=O)N[C@H](Cc1ccccc1F)C(=O)N[C@@H](Cc1ccccc1[N+](=O)[O-])C(=O)O. The normalized spacial score (nSPS) is 12.5. The molecule has 0 heterocycles. The first-order valence-corrected chi connectivity index (χ1v) is 8.95. The number of nitrogens with zero attached hydrogens (tertiary/aromatic N) is 1. The quantitative estimate of drug-likeness (QED) is 0.418. The lowest BCUT2D eigenvalue weighted by Crippen LogP contribution is -2.52. The van der Waals surface area contributed by atoms with E-state index in [4.69, 9.17) is 0 Å². The van der Waals surface area contributed by atoms with Gasteiger partial charge >= 0.3 is 5.97 Å². The highest BCUT2D eigenvalue weighted by atomic mass is 19.1. The number of carbonyl (C=O) groups is 3. The minimum atomic E-state index is -1.49. The van der Waals surface area contributed by atoms with Crippen molar-refractivity contribution in [3.8, 4) is 0 Å². The third-order valence-electron chi connectivity index (χ3n) is 4.30. The second-order valence-corrected chi connectivity index (χ2v) is 6.54. The molecule has 30 heavy (non-hydrogen) atoms. The Morgan fingerprint density at radius 2 is 1.57 bits per heavy atom. The summed E-state index contributed by atoms with van der Waals surface area (Å²) < 4.78 is 13.9. The van der Waals surface area contributed by atoms with Crippen molar-refractivity contribution >= 4 is 23.5 Å². The van der Waals surface area contributed by atoms with Crippen LogP contribution < -0.4 is 10.6 Å². The number of hydrogen-bond acceptors (Lipinski definition) is 5. The van der Waals surface area contributed by atoms with Crippen LogP contribution in [0.5, 0.6) is 0 Å². The molecule has 2 aromatic carbocycles. The van der Waals surface area contributed by atoms with E-state index in [0.29, 0.717) is 0 Å². The van der Waals surface area contributed by atoms with Crippen molar-refractivity contribution < 1.29 is 28.8 Å². The number of nitro benzene ring substituents is 1. The number of nitrogens with one attached hydrogen (secondary N) is 2. The van der Waals surface area contributed by atoms with Gasteiger partial charge in [-0.25, -0.2) is 9.18 Å². The zero-order chi connectivity index (χ0) is 22.3. The first kappa shape index (κ1) is 22.5. The summed E-state index contributed by atoms with van der Waals surface area (Å²) in [5.41, 5.74) is 0.0140. The molecule has 158 valence electrons. The maximum Gasteiger partial charge on any atom is 0.326 e. The fraction of sp³-hybridized carbons (Fsp3) is 0.250. The molecule has 2 amide bonds. The largest absolute Gasteiger partial charge is 0.480 e. The molecule has 0 saturated heterocycles. The molecule has 0 aliphatic carbocycles. The fourth-order valence-electron chi connectivity index (χ4n) is 2.89. The molecule has 0 bridgehead atoms. The number of aliphatic carboxylic acids is 1. The van der Waals surface area contributed by atoms with Gasteiger partial charge < -0.3 is 15.7 Å². The van der Waals surface area contributed by atoms with Gasteiger partial charge in [-0.3, -0.25) is 19.7 Å². The summed E-state index contributed by atoms with van der Waals surface area (Å²) in [4.78, 5) is 46.3. The number of para-hydroxylation sites is 1. The van der Waals surface area contributed by atoms with Crippen molar-refractivity contribution in [3.63, 3.8) is 0 Å². The van der Waals surface area contributed by atoms with Crippen molar-refractivity contribution in [2.24, 2.45) is 0 Å². The van der Waals surface area contributed by atoms with Crippen LogP contribution in [-0.4, -0.2) is 39.9 Å². The van der Waals surface area contributed by atoms with Crippen LogP contribution in [0.4, 0.5) is 10.1 Å². The molecule has 0 fully saturated rings. The van der Waals surface area contributed by atoms with Crippen LogP contribution >= 0.6 is 0 Å². The van der Waals surface area contributed by atoms with E-state index < -0.39 is 40.6 Å². The monoisotopic (exact) mass is 417 g/mol. The highest BCUT2D eigenvalue weighted by Gasteiger charge is 2.28. The minimum absolute atomic E-state index is 0.125. The Morgan fingerprint density at radius 1 is 1.00 bits per heavy atom. The molecule has 0 aliphatic heterocycles. The third-order valence-corrected chi connectivity index (χ3v) is 4.30. The van der Waals surface area contributed by atoms with Crippen molar-refractivity contribution in [1.29, 1.82) is 0 Å². The van der Waals surface area contributed by atoms with Crippen molar-refractivity contribution in [2.75, 3.05) is 0 Å². The summed E-state index contributed by atoms with van der Waals surface area (Å²) in [7, 11) is 0. The molecule has 0 unspecified atom stereocenters. The van der Waals surface area contributed by atoms with Gasteiger partial charge in [-0.05, 0) is 11.6 Å². The second kappa shape index (κ2) is 10.1. The number of halogens is 1. The number of benzene rings is 2. The van der Waals surface area contributed by atoms with Crippen LogP contribution in [0.3, 0.4) is 0 Å². The first-order valence-electron chi connectivity index (χ1n) is 8.95. The van der Waals surface area contributed by atoms with Gasteiger partial charge in [0.2, 0.25) is 11.8 Å². The zero-order valence-corrected chi connectivity index (χ0v) is 16.0. The van der Waals surface area contributed by atoms with Crippen LogP contribution in [0.2, 0.25) is 0 Å². The van der Waals surface area contributed by atoms with E-state index >= 15 is 0 Å². The van der Waals surface area contributed by atoms with Crippen LogP contribution in [0.15, 0.2) is 48.5 Å². The second-order valence-electron chi connectivity index (χ2n) is 6.54. The molecular formula is C20H20FN3O6. The summed E-state index contributed by atoms with van der Waals surface area (Å²) in [5.74, 6) is -3.39. The summed E-state index contributed by atoms with van der Waals surface area (Å²) in [5, 5.41) is 25.3. The fourth-order valence-corrected chi connectivity index (χ4v) is 2.89. The standard InChI is InChI=1S/C20H20FN3O6/c1-12(25)22-16(10-13-6-2-4-8-15(13)21)19(26)23-17(20(27)28)11-14-7-3-5-9-18(14)24(29)30/h2-9,16-17H,10-11H2,1H3,(H,22,25)(H,23,26)(H,27,28)/t16-,17+/m1/s1. The van der Waals surface area contributed by atoms with Crippen LogP contribution in [0.1, 0.15) is 18.1 Å². The van der Waals surface area contributed by atoms with Gasteiger partial charge in [-0.1, -0.05) is 36.4 Å². The Hall–Kier alpha value is -3.82. The Bertz CT molecular complexity index is 965. The molecule has 0 spiro atoms. The number of carboxylic acids is 1. The lowest BCUT2D eigenvalue weighted by molar-refractivity contribution is -0.385. The molecule has 2 aromatic rings. The lowest BCUT2D eigenvalue weighted by Gasteiger charge is -2.21. The van der Waals surface area contributed by atoms with Crippen molar-refractivity contribution in [3.05, 3.63) is 75.6 Å². The Balaban J connectivity index is 2.22. The van der Waals surface area contributed by atoms with Gasteiger partial charge in [-0.15, -0.1) is 0 Å². The number of amides is 2. The summed E-state index contributed by atoms with van der Waals surface area (Å²) in [6.45, 7) is 1.17. The molecule has 0 saturated carbocycles. The number of hydrogen-bond donors (Lipinski definition) is 3. The molecule has 0 radical (unpaired) electrons. The Kier molecular flexibility index (Phi) is 7.56. The number of carbonyl (C=O) groups excluding carboxylic acids is 2. The highest BCUT2D eigenvalue weighted by molar-refractivity contribution is 5.90. The zero-order valence-electron chi connectivity index (χ0n) is 16.0. The maximum absolute atomic E-state index is 13.9. The third kappa shape index (κ3) is 6.09. The number of carboxylic acid groups (broad SMARTS) is 1. The highest BCUT2D eigenvalue weighted by Crippen LogP contribution is 2.19. The molecule has 3 N–H and O–H groups in total. The minimum Gasteiger partial charge on any atom is -0.480 e. The average Bonchev–Trinajstić information content (AvgIpc) is 2.68. The van der Waals surface area contributed by atoms with Crippen molar-refractivity contribution in [2.45, 2.75) is 31.8 Å². The predicted molar refractivity (Wildman–Crippen MR) is 104 cm³/mol. The van der Waals surface area contributed by atoms with Crippen LogP contribution in [-0.2, 0) is 27.2 Å². The van der Waals surface area contributed by atoms with Gasteiger partial charge in [0, 0.05) is 31.4 Å². The van der Waals surface area contributed by atoms with Gasteiger partial charge in [-0.2, -0.15) is 0 Å². The van der Waals surface area contributed by atoms with Gasteiger partial charge in [0.15, 0.2) is 0 Å². The molecule has 0 aliphatic rings. The average molecular weight is 417 g/mol. The van der Waals surface area contributed by atoms with Crippen LogP contribution in [0.25, 0.3) is 0 Å². The van der Waals surface area contributed by atoms with E-state index in [1.165, 1.54) is 49.4 Å². The van der Waals surface area contributed by atoms with Gasteiger partial charge in [0.1, 0.15) is 17.9 Å². The Labute approximate surface area is 171 Å². The molecule has 2 atom stereocenters. The maximum atomic E-state index is 13.9. The van der Waals surface area contributed by atoms with E-state index in [2.05, 4.69) is 10.6 Å². The van der Waals surface area contributed by atoms with Crippen LogP contribution in [0, 0.1) is 15.9 Å². The lowest BCUT2D eigenvalue weighted by atomic mass is 10.0. The van der Waals surface area contributed by atoms with E-state index in [-0.39, 0.29) is 29.7 Å². The van der Waals surface area contributed by atoms with Crippen molar-refractivity contribution in [1.82, 2.24) is 10.6 Å². The first-order chi connectivity index (χ1) is 14.2. The molecule has 10 heteroatoms. The molecule has 9 nitrogen and oxygen atoms in total. The summed E-state index contributed by atoms with van der Waals surface area (Å²) in [6.07, 6.45) is -0.541.